The van der Waals surface area contributed by atoms with E-state index >= 15 is 0 Å². The topological polar surface area (TPSA) is 87.5 Å². The Morgan fingerprint density at radius 2 is 2.33 bits per heavy atom. The van der Waals surface area contributed by atoms with E-state index in [0.29, 0.717) is 12.3 Å². The Labute approximate surface area is 127 Å². The highest BCUT2D eigenvalue weighted by molar-refractivity contribution is 8.00. The lowest BCUT2D eigenvalue weighted by atomic mass is 10.2. The van der Waals surface area contributed by atoms with Crippen LogP contribution in [0.5, 0.6) is 0 Å². The van der Waals surface area contributed by atoms with Gasteiger partial charge in [0, 0.05) is 24.2 Å². The summed E-state index contributed by atoms with van der Waals surface area (Å²) in [6, 6.07) is 0.616. The van der Waals surface area contributed by atoms with E-state index in [1.807, 2.05) is 26.1 Å². The Morgan fingerprint density at radius 3 is 2.90 bits per heavy atom. The van der Waals surface area contributed by atoms with Gasteiger partial charge in [0.1, 0.15) is 6.04 Å². The van der Waals surface area contributed by atoms with E-state index in [1.165, 1.54) is 16.7 Å². The van der Waals surface area contributed by atoms with Crippen molar-refractivity contribution < 1.29 is 14.7 Å². The highest BCUT2D eigenvalue weighted by Crippen LogP contribution is 2.31. The molecule has 0 aliphatic carbocycles. The van der Waals surface area contributed by atoms with Gasteiger partial charge in [0.2, 0.25) is 0 Å². The lowest BCUT2D eigenvalue weighted by molar-refractivity contribution is -0.141. The molecule has 1 saturated heterocycles. The van der Waals surface area contributed by atoms with Gasteiger partial charge in [0.25, 0.3) is 0 Å². The zero-order valence-corrected chi connectivity index (χ0v) is 12.9. The van der Waals surface area contributed by atoms with E-state index in [4.69, 9.17) is 0 Å². The molecule has 1 aliphatic heterocycles. The summed E-state index contributed by atoms with van der Waals surface area (Å²) in [5, 5.41) is 16.1. The molecular weight excluding hydrogens is 292 g/mol. The molecule has 1 aromatic heterocycles. The summed E-state index contributed by atoms with van der Waals surface area (Å²) in [6.45, 7) is 4.38. The molecule has 0 spiro atoms. The van der Waals surface area contributed by atoms with Crippen molar-refractivity contribution in [2.75, 3.05) is 5.75 Å². The third-order valence-corrected chi connectivity index (χ3v) is 4.80. The van der Waals surface area contributed by atoms with E-state index in [0.717, 1.165) is 6.42 Å². The number of hydrogen-bond acceptors (Lipinski definition) is 4. The summed E-state index contributed by atoms with van der Waals surface area (Å²) in [5.74, 6) is -0.511. The van der Waals surface area contributed by atoms with Gasteiger partial charge < -0.3 is 10.4 Å². The summed E-state index contributed by atoms with van der Waals surface area (Å²) in [6.07, 6.45) is 4.23. The summed E-state index contributed by atoms with van der Waals surface area (Å²) < 4.78 is 1.73. The highest BCUT2D eigenvalue weighted by atomic mass is 32.2. The van der Waals surface area contributed by atoms with Gasteiger partial charge in [0.05, 0.1) is 11.9 Å². The molecule has 1 aromatic rings. The average Bonchev–Trinajstić information content (AvgIpc) is 3.06. The van der Waals surface area contributed by atoms with Crippen LogP contribution in [0.4, 0.5) is 4.79 Å². The number of nitrogens with zero attached hydrogens (tertiary/aromatic N) is 3. The number of hydrogen-bond donors (Lipinski definition) is 2. The van der Waals surface area contributed by atoms with E-state index < -0.39 is 12.0 Å². The second-order valence-corrected chi connectivity index (χ2v) is 6.25. The maximum Gasteiger partial charge on any atom is 0.327 e. The number of carbonyl (C=O) groups is 2. The molecule has 1 aliphatic rings. The van der Waals surface area contributed by atoms with Crippen LogP contribution in [0.1, 0.15) is 20.3 Å². The number of thioether (sulfide) groups is 1. The predicted octanol–water partition coefficient (Wildman–Crippen LogP) is 1.22. The number of carboxylic acid groups (broad SMARTS) is 1. The summed E-state index contributed by atoms with van der Waals surface area (Å²) >= 11 is 1.51. The van der Waals surface area contributed by atoms with Crippen molar-refractivity contribution in [2.45, 2.75) is 44.3 Å². The molecule has 2 amide bonds. The predicted molar refractivity (Wildman–Crippen MR) is 80.0 cm³/mol. The molecule has 2 heterocycles. The number of aromatic nitrogens is 2. The molecule has 3 unspecified atom stereocenters. The van der Waals surface area contributed by atoms with E-state index in [-0.39, 0.29) is 17.4 Å². The highest BCUT2D eigenvalue weighted by Gasteiger charge is 2.41. The molecule has 0 radical (unpaired) electrons. The number of amides is 2. The first-order valence-electron chi connectivity index (χ1n) is 6.93. The van der Waals surface area contributed by atoms with Crippen molar-refractivity contribution in [1.29, 1.82) is 0 Å². The first-order chi connectivity index (χ1) is 10.0. The molecule has 21 heavy (non-hydrogen) atoms. The van der Waals surface area contributed by atoms with Gasteiger partial charge in [0.15, 0.2) is 0 Å². The van der Waals surface area contributed by atoms with Crippen LogP contribution in [0, 0.1) is 0 Å². The molecule has 8 heteroatoms. The van der Waals surface area contributed by atoms with Gasteiger partial charge in [-0.15, -0.1) is 11.8 Å². The standard InChI is InChI=1S/C13H20N4O3S/c1-3-11-17(10(8-21-11)12(18)19)13(20)15-9(2)7-16-6-4-5-14-16/h4-6,9-11H,3,7-8H2,1-2H3,(H,15,20)(H,18,19). The third kappa shape index (κ3) is 3.69. The SMILES string of the molecule is CCC1SCC(C(=O)O)N1C(=O)NC(C)Cn1cccn1. The molecule has 0 aromatic carbocycles. The van der Waals surface area contributed by atoms with Crippen LogP contribution in [0.15, 0.2) is 18.5 Å². The Bertz CT molecular complexity index is 494. The van der Waals surface area contributed by atoms with Gasteiger partial charge in [-0.25, -0.2) is 9.59 Å². The van der Waals surface area contributed by atoms with Gasteiger partial charge in [-0.2, -0.15) is 5.10 Å². The van der Waals surface area contributed by atoms with Crippen LogP contribution < -0.4 is 5.32 Å². The summed E-state index contributed by atoms with van der Waals surface area (Å²) in [5.41, 5.74) is 0. The van der Waals surface area contributed by atoms with Crippen LogP contribution in [0.2, 0.25) is 0 Å². The molecule has 0 bridgehead atoms. The van der Waals surface area contributed by atoms with Crippen LogP contribution in [-0.4, -0.2) is 55.0 Å². The average molecular weight is 312 g/mol. The van der Waals surface area contributed by atoms with E-state index in [9.17, 15) is 14.7 Å². The Morgan fingerprint density at radius 1 is 1.57 bits per heavy atom. The monoisotopic (exact) mass is 312 g/mol. The summed E-state index contributed by atoms with van der Waals surface area (Å²) in [4.78, 5) is 25.1. The molecule has 1 fully saturated rings. The van der Waals surface area contributed by atoms with Crippen LogP contribution in [0.3, 0.4) is 0 Å². The van der Waals surface area contributed by atoms with E-state index in [2.05, 4.69) is 10.4 Å². The third-order valence-electron chi connectivity index (χ3n) is 3.35. The first-order valence-corrected chi connectivity index (χ1v) is 7.98. The number of urea groups is 1. The quantitative estimate of drug-likeness (QED) is 0.853. The minimum atomic E-state index is -0.951. The van der Waals surface area contributed by atoms with Crippen LogP contribution in [0.25, 0.3) is 0 Å². The molecule has 116 valence electrons. The van der Waals surface area contributed by atoms with Crippen LogP contribution >= 0.6 is 11.8 Å². The molecule has 2 rings (SSSR count). The van der Waals surface area contributed by atoms with Crippen molar-refractivity contribution in [1.82, 2.24) is 20.0 Å². The van der Waals surface area contributed by atoms with Crippen molar-refractivity contribution in [3.05, 3.63) is 18.5 Å². The molecule has 2 N–H and O–H groups in total. The maximum atomic E-state index is 12.4. The lowest BCUT2D eigenvalue weighted by Crippen LogP contribution is -2.52. The normalized spacial score (nSPS) is 23.0. The molecule has 0 saturated carbocycles. The van der Waals surface area contributed by atoms with Crippen molar-refractivity contribution in [2.24, 2.45) is 0 Å². The van der Waals surface area contributed by atoms with Crippen LogP contribution in [-0.2, 0) is 11.3 Å². The molecular formula is C13H20N4O3S. The second kappa shape index (κ2) is 6.84. The number of carboxylic acids is 1. The number of carbonyl (C=O) groups excluding carboxylic acids is 1. The number of nitrogens with one attached hydrogen (secondary N) is 1. The second-order valence-electron chi connectivity index (χ2n) is 5.04. The molecule has 7 nitrogen and oxygen atoms in total. The number of aliphatic carboxylic acids is 1. The Hall–Kier alpha value is -1.70. The zero-order valence-electron chi connectivity index (χ0n) is 12.1. The van der Waals surface area contributed by atoms with Crippen molar-refractivity contribution in [3.63, 3.8) is 0 Å². The van der Waals surface area contributed by atoms with Crippen molar-refractivity contribution >= 4 is 23.8 Å². The fraction of sp³-hybridized carbons (Fsp3) is 0.615. The summed E-state index contributed by atoms with van der Waals surface area (Å²) in [7, 11) is 0. The lowest BCUT2D eigenvalue weighted by Gasteiger charge is -2.28. The largest absolute Gasteiger partial charge is 0.480 e. The van der Waals surface area contributed by atoms with Gasteiger partial charge in [-0.05, 0) is 19.4 Å². The van der Waals surface area contributed by atoms with Gasteiger partial charge in [-0.1, -0.05) is 6.92 Å². The minimum absolute atomic E-state index is 0.0806. The van der Waals surface area contributed by atoms with Gasteiger partial charge in [-0.3, -0.25) is 9.58 Å². The minimum Gasteiger partial charge on any atom is -0.480 e. The smallest absolute Gasteiger partial charge is 0.327 e. The Balaban J connectivity index is 1.98. The fourth-order valence-corrected chi connectivity index (χ4v) is 3.71. The Kier molecular flexibility index (Phi) is 5.11. The maximum absolute atomic E-state index is 12.4. The van der Waals surface area contributed by atoms with Gasteiger partial charge >= 0.3 is 12.0 Å². The first kappa shape index (κ1) is 15.7. The van der Waals surface area contributed by atoms with Crippen molar-refractivity contribution in [3.8, 4) is 0 Å². The number of rotatable bonds is 5. The van der Waals surface area contributed by atoms with E-state index in [1.54, 1.807) is 10.9 Å². The molecule has 3 atom stereocenters. The zero-order chi connectivity index (χ0) is 15.4. The fourth-order valence-electron chi connectivity index (χ4n) is 2.36.